The van der Waals surface area contributed by atoms with Crippen LogP contribution in [0.3, 0.4) is 0 Å². The van der Waals surface area contributed by atoms with E-state index >= 15 is 0 Å². The zero-order valence-corrected chi connectivity index (χ0v) is 13.4. The summed E-state index contributed by atoms with van der Waals surface area (Å²) in [5.74, 6) is 1.21. The molecule has 1 amide bonds. The van der Waals surface area contributed by atoms with Gasteiger partial charge in [0.05, 0.1) is 18.3 Å². The molecule has 0 bridgehead atoms. The lowest BCUT2D eigenvalue weighted by atomic mass is 10.00. The van der Waals surface area contributed by atoms with Gasteiger partial charge in [-0.3, -0.25) is 9.78 Å². The maximum Gasteiger partial charge on any atom is 0.231 e. The van der Waals surface area contributed by atoms with Crippen molar-refractivity contribution in [2.45, 2.75) is 26.2 Å². The average molecular weight is 310 g/mol. The summed E-state index contributed by atoms with van der Waals surface area (Å²) in [4.78, 5) is 22.9. The van der Waals surface area contributed by atoms with Gasteiger partial charge in [-0.15, -0.1) is 0 Å². The molecule has 1 aliphatic heterocycles. The van der Waals surface area contributed by atoms with Crippen LogP contribution in [-0.4, -0.2) is 29.0 Å². The molecule has 5 heteroatoms. The van der Waals surface area contributed by atoms with Crippen LogP contribution >= 0.6 is 0 Å². The number of hydrogen-bond donors (Lipinski definition) is 1. The number of piperidine rings is 1. The van der Waals surface area contributed by atoms with E-state index in [1.165, 1.54) is 12.8 Å². The third-order valence-electron chi connectivity index (χ3n) is 4.11. The van der Waals surface area contributed by atoms with Crippen molar-refractivity contribution in [2.75, 3.05) is 23.3 Å². The van der Waals surface area contributed by atoms with Crippen molar-refractivity contribution < 1.29 is 4.79 Å². The molecule has 0 aliphatic carbocycles. The predicted octanol–water partition coefficient (Wildman–Crippen LogP) is 2.89. The summed E-state index contributed by atoms with van der Waals surface area (Å²) in [6, 6.07) is 9.45. The van der Waals surface area contributed by atoms with Crippen LogP contribution in [0.25, 0.3) is 0 Å². The van der Waals surface area contributed by atoms with E-state index in [0.29, 0.717) is 5.82 Å². The van der Waals surface area contributed by atoms with E-state index in [0.717, 1.165) is 30.4 Å². The van der Waals surface area contributed by atoms with Crippen LogP contribution in [0.15, 0.2) is 42.7 Å². The number of anilines is 2. The summed E-state index contributed by atoms with van der Waals surface area (Å²) >= 11 is 0. The fourth-order valence-electron chi connectivity index (χ4n) is 2.93. The first-order valence-electron chi connectivity index (χ1n) is 8.11. The first-order chi connectivity index (χ1) is 11.2. The maximum atomic E-state index is 12.0. The van der Waals surface area contributed by atoms with Crippen molar-refractivity contribution >= 4 is 17.4 Å². The van der Waals surface area contributed by atoms with Crippen LogP contribution in [0.5, 0.6) is 0 Å². The summed E-state index contributed by atoms with van der Waals surface area (Å²) in [5.41, 5.74) is 1.88. The van der Waals surface area contributed by atoms with Crippen molar-refractivity contribution in [2.24, 2.45) is 5.92 Å². The Morgan fingerprint density at radius 2 is 2.22 bits per heavy atom. The molecule has 1 fully saturated rings. The van der Waals surface area contributed by atoms with Crippen LogP contribution < -0.4 is 10.2 Å². The molecule has 1 atom stereocenters. The molecule has 5 nitrogen and oxygen atoms in total. The Morgan fingerprint density at radius 1 is 1.30 bits per heavy atom. The zero-order valence-electron chi connectivity index (χ0n) is 13.4. The molecule has 2 aromatic heterocycles. The van der Waals surface area contributed by atoms with Gasteiger partial charge in [-0.05, 0) is 43.0 Å². The molecular formula is C18H22N4O. The van der Waals surface area contributed by atoms with Crippen LogP contribution in [0, 0.1) is 5.92 Å². The number of hydrogen-bond acceptors (Lipinski definition) is 4. The van der Waals surface area contributed by atoms with Crippen molar-refractivity contribution in [1.29, 1.82) is 0 Å². The predicted molar refractivity (Wildman–Crippen MR) is 91.4 cm³/mol. The molecule has 1 N–H and O–H groups in total. The minimum absolute atomic E-state index is 0.101. The minimum Gasteiger partial charge on any atom is -0.370 e. The van der Waals surface area contributed by atoms with Gasteiger partial charge >= 0.3 is 0 Å². The Labute approximate surface area is 136 Å². The van der Waals surface area contributed by atoms with E-state index in [9.17, 15) is 4.79 Å². The van der Waals surface area contributed by atoms with Gasteiger partial charge in [-0.1, -0.05) is 13.0 Å². The summed E-state index contributed by atoms with van der Waals surface area (Å²) in [6.45, 7) is 4.44. The molecule has 0 spiro atoms. The van der Waals surface area contributed by atoms with Gasteiger partial charge in [0.2, 0.25) is 5.91 Å². The summed E-state index contributed by atoms with van der Waals surface area (Å²) in [5, 5.41) is 2.82. The summed E-state index contributed by atoms with van der Waals surface area (Å²) in [6.07, 6.45) is 6.31. The third-order valence-corrected chi connectivity index (χ3v) is 4.11. The maximum absolute atomic E-state index is 12.0. The Bertz CT molecular complexity index is 642. The topological polar surface area (TPSA) is 58.1 Å². The SMILES string of the molecule is CC1CCCN(c2ccc(NC(=O)Cc3ccccn3)nc2)C1. The molecule has 23 heavy (non-hydrogen) atoms. The lowest BCUT2D eigenvalue weighted by molar-refractivity contribution is -0.115. The second-order valence-electron chi connectivity index (χ2n) is 6.14. The smallest absolute Gasteiger partial charge is 0.231 e. The molecule has 3 heterocycles. The molecule has 0 radical (unpaired) electrons. The molecule has 0 aromatic carbocycles. The zero-order chi connectivity index (χ0) is 16.1. The Balaban J connectivity index is 1.58. The van der Waals surface area contributed by atoms with Crippen molar-refractivity contribution in [3.63, 3.8) is 0 Å². The number of rotatable bonds is 4. The first-order valence-corrected chi connectivity index (χ1v) is 8.11. The third kappa shape index (κ3) is 4.28. The van der Waals surface area contributed by atoms with E-state index in [1.54, 1.807) is 6.20 Å². The second kappa shape index (κ2) is 7.22. The Kier molecular flexibility index (Phi) is 4.86. The molecular weight excluding hydrogens is 288 g/mol. The van der Waals surface area contributed by atoms with Crippen LogP contribution in [-0.2, 0) is 11.2 Å². The second-order valence-corrected chi connectivity index (χ2v) is 6.14. The van der Waals surface area contributed by atoms with Crippen molar-refractivity contribution in [3.05, 3.63) is 48.4 Å². The van der Waals surface area contributed by atoms with Crippen LogP contribution in [0.1, 0.15) is 25.5 Å². The fourth-order valence-corrected chi connectivity index (χ4v) is 2.93. The highest BCUT2D eigenvalue weighted by atomic mass is 16.1. The van der Waals surface area contributed by atoms with E-state index < -0.39 is 0 Å². The number of pyridine rings is 2. The number of amides is 1. The Morgan fingerprint density at radius 3 is 2.91 bits per heavy atom. The normalized spacial score (nSPS) is 17.8. The quantitative estimate of drug-likeness (QED) is 0.943. The van der Waals surface area contributed by atoms with Gasteiger partial charge in [0.25, 0.3) is 0 Å². The lowest BCUT2D eigenvalue weighted by Crippen LogP contribution is -2.34. The average Bonchev–Trinajstić information content (AvgIpc) is 2.56. The van der Waals surface area contributed by atoms with Crippen LogP contribution in [0.2, 0.25) is 0 Å². The number of nitrogens with one attached hydrogen (secondary N) is 1. The van der Waals surface area contributed by atoms with E-state index in [2.05, 4.69) is 27.1 Å². The lowest BCUT2D eigenvalue weighted by Gasteiger charge is -2.32. The number of aromatic nitrogens is 2. The number of carbonyl (C=O) groups is 1. The van der Waals surface area contributed by atoms with E-state index in [-0.39, 0.29) is 12.3 Å². The van der Waals surface area contributed by atoms with Gasteiger partial charge in [-0.2, -0.15) is 0 Å². The highest BCUT2D eigenvalue weighted by molar-refractivity contribution is 5.91. The number of nitrogens with zero attached hydrogens (tertiary/aromatic N) is 3. The fraction of sp³-hybridized carbons (Fsp3) is 0.389. The van der Waals surface area contributed by atoms with E-state index in [1.807, 2.05) is 36.5 Å². The first kappa shape index (κ1) is 15.5. The molecule has 0 saturated carbocycles. The molecule has 1 saturated heterocycles. The monoisotopic (exact) mass is 310 g/mol. The largest absolute Gasteiger partial charge is 0.370 e. The highest BCUT2D eigenvalue weighted by Gasteiger charge is 2.16. The van der Waals surface area contributed by atoms with Gasteiger partial charge < -0.3 is 10.2 Å². The van der Waals surface area contributed by atoms with Gasteiger partial charge in [0.1, 0.15) is 5.82 Å². The Hall–Kier alpha value is -2.43. The van der Waals surface area contributed by atoms with Crippen LogP contribution in [0.4, 0.5) is 11.5 Å². The van der Waals surface area contributed by atoms with Gasteiger partial charge in [-0.25, -0.2) is 4.98 Å². The molecule has 3 rings (SSSR count). The van der Waals surface area contributed by atoms with Crippen molar-refractivity contribution in [1.82, 2.24) is 9.97 Å². The molecule has 2 aromatic rings. The molecule has 1 unspecified atom stereocenters. The summed E-state index contributed by atoms with van der Waals surface area (Å²) in [7, 11) is 0. The van der Waals surface area contributed by atoms with Crippen molar-refractivity contribution in [3.8, 4) is 0 Å². The molecule has 120 valence electrons. The van der Waals surface area contributed by atoms with Gasteiger partial charge in [0, 0.05) is 25.0 Å². The number of carbonyl (C=O) groups excluding carboxylic acids is 1. The standard InChI is InChI=1S/C18H22N4O/c1-14-5-4-10-22(13-14)16-7-8-17(20-12-16)21-18(23)11-15-6-2-3-9-19-15/h2-3,6-9,12,14H,4-5,10-11,13H2,1H3,(H,20,21,23). The summed E-state index contributed by atoms with van der Waals surface area (Å²) < 4.78 is 0. The molecule has 1 aliphatic rings. The van der Waals surface area contributed by atoms with Gasteiger partial charge in [0.15, 0.2) is 0 Å². The van der Waals surface area contributed by atoms with E-state index in [4.69, 9.17) is 0 Å². The minimum atomic E-state index is -0.101. The highest BCUT2D eigenvalue weighted by Crippen LogP contribution is 2.22.